The molecule has 1 fully saturated rings. The molecule has 0 bridgehead atoms. The first-order valence-corrected chi connectivity index (χ1v) is 17.6. The molecule has 1 aliphatic heterocycles. The maximum absolute atomic E-state index is 12.6. The lowest BCUT2D eigenvalue weighted by Crippen LogP contribution is -2.54. The Morgan fingerprint density at radius 3 is 1.91 bits per heavy atom. The third kappa shape index (κ3) is 13.1. The van der Waals surface area contributed by atoms with Gasteiger partial charge in [-0.15, -0.1) is 0 Å². The van der Waals surface area contributed by atoms with Gasteiger partial charge in [0.1, 0.15) is 11.0 Å². The Hall–Kier alpha value is 0.950. The van der Waals surface area contributed by atoms with Gasteiger partial charge in [0.2, 0.25) is 0 Å². The lowest BCUT2D eigenvalue weighted by molar-refractivity contribution is 0.0219. The summed E-state index contributed by atoms with van der Waals surface area (Å²) in [5, 5.41) is -0.885. The van der Waals surface area contributed by atoms with Crippen LogP contribution in [0.4, 0.5) is 0 Å². The average Bonchev–Trinajstić information content (AvgIpc) is 3.26. The Kier molecular flexibility index (Phi) is 18.6. The van der Waals surface area contributed by atoms with Gasteiger partial charge in [-0.25, -0.2) is 8.42 Å². The van der Waals surface area contributed by atoms with Gasteiger partial charge in [-0.2, -0.15) is 11.8 Å². The van der Waals surface area contributed by atoms with Crippen LogP contribution < -0.4 is 5.73 Å². The van der Waals surface area contributed by atoms with Gasteiger partial charge in [-0.3, -0.25) is 0 Å². The fraction of sp³-hybridized carbons (Fsp3) is 1.00. The van der Waals surface area contributed by atoms with Gasteiger partial charge in [-0.1, -0.05) is 113 Å². The first-order chi connectivity index (χ1) is 15.5. The zero-order chi connectivity index (χ0) is 23.5. The van der Waals surface area contributed by atoms with Crippen molar-refractivity contribution in [2.45, 2.75) is 127 Å². The van der Waals surface area contributed by atoms with E-state index in [-0.39, 0.29) is 5.75 Å². The molecule has 0 saturated carbocycles. The van der Waals surface area contributed by atoms with Crippen molar-refractivity contribution in [2.75, 3.05) is 28.3 Å². The van der Waals surface area contributed by atoms with Gasteiger partial charge < -0.3 is 10.5 Å². The summed E-state index contributed by atoms with van der Waals surface area (Å²) in [6.45, 7) is 2.91. The molecule has 0 amide bonds. The minimum atomic E-state index is -3.30. The predicted octanol–water partition coefficient (Wildman–Crippen LogP) is 7.27. The van der Waals surface area contributed by atoms with Crippen LogP contribution in [0.2, 0.25) is 0 Å². The van der Waals surface area contributed by atoms with E-state index < -0.39 is 20.8 Å². The summed E-state index contributed by atoms with van der Waals surface area (Å²) < 4.78 is 32.1. The average molecular weight is 604 g/mol. The molecule has 0 spiro atoms. The van der Waals surface area contributed by atoms with Gasteiger partial charge in [0.05, 0.1) is 5.75 Å². The summed E-state index contributed by atoms with van der Waals surface area (Å²) in [6.07, 6.45) is 21.6. The van der Waals surface area contributed by atoms with E-state index in [9.17, 15) is 8.42 Å². The van der Waals surface area contributed by atoms with E-state index in [1.807, 2.05) is 11.8 Å². The molecular weight excluding hydrogens is 553 g/mol. The van der Waals surface area contributed by atoms with Crippen LogP contribution in [-0.2, 0) is 14.6 Å². The fourth-order valence-electron chi connectivity index (χ4n) is 4.49. The number of thioether (sulfide) groups is 1. The maximum Gasteiger partial charge on any atom is 0.168 e. The van der Waals surface area contributed by atoms with Crippen LogP contribution in [0, 0.1) is 0 Å². The fourth-order valence-corrected chi connectivity index (χ4v) is 8.53. The van der Waals surface area contributed by atoms with E-state index in [4.69, 9.17) is 10.5 Å². The Balaban J connectivity index is 2.05. The highest BCUT2D eigenvalue weighted by Crippen LogP contribution is 2.34. The van der Waals surface area contributed by atoms with Crippen molar-refractivity contribution < 1.29 is 13.2 Å². The van der Waals surface area contributed by atoms with Crippen molar-refractivity contribution in [1.82, 2.24) is 0 Å². The van der Waals surface area contributed by atoms with Crippen molar-refractivity contribution in [1.29, 1.82) is 0 Å². The highest BCUT2D eigenvalue weighted by molar-refractivity contribution is 14.1. The molecule has 2 N–H and O–H groups in total. The molecule has 7 heteroatoms. The van der Waals surface area contributed by atoms with Crippen molar-refractivity contribution in [3.8, 4) is 0 Å². The van der Waals surface area contributed by atoms with E-state index in [0.717, 1.165) is 23.0 Å². The van der Waals surface area contributed by atoms with Crippen molar-refractivity contribution in [2.24, 2.45) is 5.73 Å². The third-order valence-electron chi connectivity index (χ3n) is 6.59. The van der Waals surface area contributed by atoms with Crippen LogP contribution in [0.5, 0.6) is 0 Å². The smallest absolute Gasteiger partial charge is 0.168 e. The molecule has 192 valence electrons. The minimum absolute atomic E-state index is 0.172. The largest absolute Gasteiger partial charge is 0.371 e. The topological polar surface area (TPSA) is 69.4 Å². The molecular formula is C25H50INO3S2. The Bertz CT molecular complexity index is 539. The zero-order valence-corrected chi connectivity index (χ0v) is 24.4. The number of unbranched alkanes of at least 4 members (excludes halogenated alkanes) is 13. The Morgan fingerprint density at radius 1 is 0.906 bits per heavy atom. The minimum Gasteiger partial charge on any atom is -0.371 e. The van der Waals surface area contributed by atoms with Crippen molar-refractivity contribution in [3.63, 3.8) is 0 Å². The van der Waals surface area contributed by atoms with Gasteiger partial charge in [0.15, 0.2) is 9.84 Å². The van der Waals surface area contributed by atoms with Gasteiger partial charge in [-0.05, 0) is 31.4 Å². The number of ether oxygens (including phenoxy) is 1. The third-order valence-corrected chi connectivity index (χ3v) is 10.7. The first kappa shape index (κ1) is 31.0. The van der Waals surface area contributed by atoms with Crippen LogP contribution in [0.15, 0.2) is 0 Å². The summed E-state index contributed by atoms with van der Waals surface area (Å²) in [4.78, 5) is 0. The molecule has 2 atom stereocenters. The lowest BCUT2D eigenvalue weighted by Gasteiger charge is -2.33. The van der Waals surface area contributed by atoms with Gasteiger partial charge in [0.25, 0.3) is 0 Å². The second kappa shape index (κ2) is 19.2. The highest BCUT2D eigenvalue weighted by atomic mass is 127. The van der Waals surface area contributed by atoms with E-state index >= 15 is 0 Å². The van der Waals surface area contributed by atoms with Crippen LogP contribution in [0.1, 0.15) is 116 Å². The zero-order valence-electron chi connectivity index (χ0n) is 20.6. The number of alkyl halides is 1. The lowest BCUT2D eigenvalue weighted by atomic mass is 10.0. The van der Waals surface area contributed by atoms with Crippen LogP contribution in [0.25, 0.3) is 0 Å². The number of hydrogen-bond donors (Lipinski definition) is 1. The quantitative estimate of drug-likeness (QED) is 0.0801. The highest BCUT2D eigenvalue weighted by Gasteiger charge is 2.46. The molecule has 1 aliphatic rings. The monoisotopic (exact) mass is 603 g/mol. The molecule has 0 radical (unpaired) electrons. The van der Waals surface area contributed by atoms with E-state index in [1.165, 1.54) is 89.9 Å². The number of sulfone groups is 1. The van der Waals surface area contributed by atoms with E-state index in [2.05, 4.69) is 29.5 Å². The SMILES string of the molecule is CCCCCCCCCCCCCCCCSCC1(C(N)S(=O)(=O)CCCI)CCCO1. The van der Waals surface area contributed by atoms with E-state index in [1.54, 1.807) is 0 Å². The first-order valence-electron chi connectivity index (χ1n) is 13.2. The standard InChI is InChI=1S/C25H50INO3S2/c1-2-3-4-5-6-7-8-9-10-11-12-13-14-15-21-31-23-25(18-16-20-30-25)24(27)32(28,29)22-17-19-26/h24H,2-23,27H2,1H3. The summed E-state index contributed by atoms with van der Waals surface area (Å²) >= 11 is 4.05. The molecule has 1 rings (SSSR count). The van der Waals surface area contributed by atoms with Crippen LogP contribution in [-0.4, -0.2) is 47.7 Å². The number of nitrogens with two attached hydrogens (primary N) is 1. The predicted molar refractivity (Wildman–Crippen MR) is 151 cm³/mol. The number of hydrogen-bond acceptors (Lipinski definition) is 5. The van der Waals surface area contributed by atoms with Crippen molar-refractivity contribution in [3.05, 3.63) is 0 Å². The molecule has 0 aromatic rings. The molecule has 0 aromatic carbocycles. The molecule has 0 aliphatic carbocycles. The molecule has 1 heterocycles. The Morgan fingerprint density at radius 2 is 1.44 bits per heavy atom. The molecule has 1 saturated heterocycles. The molecule has 32 heavy (non-hydrogen) atoms. The Labute approximate surface area is 217 Å². The van der Waals surface area contributed by atoms with Crippen molar-refractivity contribution >= 4 is 44.2 Å². The van der Waals surface area contributed by atoms with Gasteiger partial charge >= 0.3 is 0 Å². The summed E-state index contributed by atoms with van der Waals surface area (Å²) in [7, 11) is -3.30. The van der Waals surface area contributed by atoms with Crippen LogP contribution >= 0.6 is 34.4 Å². The summed E-state index contributed by atoms with van der Waals surface area (Å²) in [5.41, 5.74) is 5.59. The number of rotatable bonds is 22. The second-order valence-corrected chi connectivity index (χ2v) is 13.9. The van der Waals surface area contributed by atoms with E-state index in [0.29, 0.717) is 18.8 Å². The maximum atomic E-state index is 12.6. The second-order valence-electron chi connectivity index (χ2n) is 9.50. The summed E-state index contributed by atoms with van der Waals surface area (Å²) in [6, 6.07) is 0. The normalized spacial score (nSPS) is 20.1. The number of halogens is 1. The molecule has 4 nitrogen and oxygen atoms in total. The summed E-state index contributed by atoms with van der Waals surface area (Å²) in [5.74, 6) is 1.95. The van der Waals surface area contributed by atoms with Gasteiger partial charge in [0, 0.05) is 16.8 Å². The molecule has 2 unspecified atom stereocenters. The van der Waals surface area contributed by atoms with Crippen LogP contribution in [0.3, 0.4) is 0 Å². The molecule has 0 aromatic heterocycles.